The van der Waals surface area contributed by atoms with Crippen LogP contribution in [0.5, 0.6) is 5.75 Å². The number of nitrogens with one attached hydrogen (secondary N) is 2. The molecule has 1 aromatic heterocycles. The second-order valence-electron chi connectivity index (χ2n) is 4.56. The number of rotatable bonds is 5. The van der Waals surface area contributed by atoms with Crippen LogP contribution in [0.4, 0.5) is 5.69 Å². The van der Waals surface area contributed by atoms with Gasteiger partial charge in [0.2, 0.25) is 0 Å². The minimum atomic E-state index is -0.876. The fourth-order valence-electron chi connectivity index (χ4n) is 1.72. The number of hydrazone groups is 1. The normalized spacial score (nSPS) is 10.5. The van der Waals surface area contributed by atoms with Gasteiger partial charge in [0, 0.05) is 5.69 Å². The molecule has 23 heavy (non-hydrogen) atoms. The van der Waals surface area contributed by atoms with Crippen molar-refractivity contribution < 1.29 is 18.7 Å². The van der Waals surface area contributed by atoms with Crippen LogP contribution in [0.2, 0.25) is 0 Å². The molecule has 2 N–H and O–H groups in total. The lowest BCUT2D eigenvalue weighted by Gasteiger charge is -2.06. The van der Waals surface area contributed by atoms with Crippen LogP contribution < -0.4 is 15.5 Å². The summed E-state index contributed by atoms with van der Waals surface area (Å²) in [6.45, 7) is 4.23. The maximum Gasteiger partial charge on any atom is 0.329 e. The number of nitrogens with zero attached hydrogens (tertiary/aromatic N) is 1. The first-order valence-electron chi connectivity index (χ1n) is 7.02. The van der Waals surface area contributed by atoms with Gasteiger partial charge in [0.1, 0.15) is 17.3 Å². The highest BCUT2D eigenvalue weighted by Gasteiger charge is 2.12. The van der Waals surface area contributed by atoms with Crippen LogP contribution in [-0.2, 0) is 9.59 Å². The molecule has 0 bridgehead atoms. The summed E-state index contributed by atoms with van der Waals surface area (Å²) in [6, 6.07) is 10.2. The summed E-state index contributed by atoms with van der Waals surface area (Å²) in [5.41, 5.74) is 2.61. The smallest absolute Gasteiger partial charge is 0.329 e. The predicted molar refractivity (Wildman–Crippen MR) is 85.4 cm³/mol. The molecule has 2 rings (SSSR count). The Morgan fingerprint density at radius 3 is 2.52 bits per heavy atom. The lowest BCUT2D eigenvalue weighted by Crippen LogP contribution is -2.32. The third-order valence-corrected chi connectivity index (χ3v) is 2.75. The van der Waals surface area contributed by atoms with Crippen LogP contribution in [0.25, 0.3) is 0 Å². The quantitative estimate of drug-likeness (QED) is 0.502. The first-order chi connectivity index (χ1) is 11.1. The van der Waals surface area contributed by atoms with Crippen LogP contribution in [0.1, 0.15) is 18.4 Å². The van der Waals surface area contributed by atoms with Crippen LogP contribution in [0, 0.1) is 6.92 Å². The maximum atomic E-state index is 11.7. The number of carbonyl (C=O) groups is 2. The predicted octanol–water partition coefficient (Wildman–Crippen LogP) is 2.08. The zero-order valence-electron chi connectivity index (χ0n) is 12.8. The molecule has 120 valence electrons. The molecule has 2 aromatic rings. The fourth-order valence-corrected chi connectivity index (χ4v) is 1.72. The van der Waals surface area contributed by atoms with E-state index in [9.17, 15) is 9.59 Å². The average molecular weight is 315 g/mol. The van der Waals surface area contributed by atoms with E-state index in [1.54, 1.807) is 43.3 Å². The molecule has 0 unspecified atom stereocenters. The molecule has 1 heterocycles. The molecule has 0 aliphatic heterocycles. The molecule has 1 aromatic carbocycles. The number of anilines is 1. The second kappa shape index (κ2) is 7.79. The summed E-state index contributed by atoms with van der Waals surface area (Å²) < 4.78 is 10.5. The van der Waals surface area contributed by atoms with Gasteiger partial charge in [-0.2, -0.15) is 5.10 Å². The Bertz CT molecular complexity index is 704. The van der Waals surface area contributed by atoms with Crippen LogP contribution >= 0.6 is 0 Å². The van der Waals surface area contributed by atoms with Crippen molar-refractivity contribution in [3.63, 3.8) is 0 Å². The van der Waals surface area contributed by atoms with Crippen molar-refractivity contribution in [2.75, 3.05) is 11.9 Å². The Balaban J connectivity index is 1.84. The summed E-state index contributed by atoms with van der Waals surface area (Å²) >= 11 is 0. The summed E-state index contributed by atoms with van der Waals surface area (Å²) in [5, 5.41) is 6.12. The number of carbonyl (C=O) groups excluding carboxylic acids is 2. The van der Waals surface area contributed by atoms with E-state index in [1.165, 1.54) is 6.21 Å². The van der Waals surface area contributed by atoms with Crippen LogP contribution in [-0.4, -0.2) is 24.6 Å². The lowest BCUT2D eigenvalue weighted by molar-refractivity contribution is -0.136. The van der Waals surface area contributed by atoms with Crippen molar-refractivity contribution in [3.05, 3.63) is 47.9 Å². The highest BCUT2D eigenvalue weighted by atomic mass is 16.5. The summed E-state index contributed by atoms with van der Waals surface area (Å²) in [6.07, 6.45) is 1.31. The van der Waals surface area contributed by atoms with Crippen LogP contribution in [0.15, 0.2) is 45.9 Å². The number of furan rings is 1. The minimum Gasteiger partial charge on any atom is -0.494 e. The van der Waals surface area contributed by atoms with Gasteiger partial charge in [-0.3, -0.25) is 9.59 Å². The van der Waals surface area contributed by atoms with Gasteiger partial charge in [-0.15, -0.1) is 0 Å². The van der Waals surface area contributed by atoms with Gasteiger partial charge in [-0.1, -0.05) is 0 Å². The van der Waals surface area contributed by atoms with Crippen molar-refractivity contribution in [1.29, 1.82) is 0 Å². The summed E-state index contributed by atoms with van der Waals surface area (Å²) in [7, 11) is 0. The Kier molecular flexibility index (Phi) is 5.51. The van der Waals surface area contributed by atoms with E-state index < -0.39 is 11.8 Å². The number of hydrogen-bond donors (Lipinski definition) is 2. The molecule has 0 fully saturated rings. The first-order valence-corrected chi connectivity index (χ1v) is 7.02. The standard InChI is InChI=1S/C16H17N3O4/c1-3-22-13-8-5-12(6-9-13)18-15(20)16(21)19-17-10-14-7-4-11(2)23-14/h4-10H,3H2,1-2H3,(H,18,20)(H,19,21). The van der Waals surface area contributed by atoms with Crippen molar-refractivity contribution in [1.82, 2.24) is 5.43 Å². The van der Waals surface area contributed by atoms with E-state index in [1.807, 2.05) is 6.92 Å². The SMILES string of the molecule is CCOc1ccc(NC(=O)C(=O)NN=Cc2ccc(C)o2)cc1. The molecule has 2 amide bonds. The minimum absolute atomic E-state index is 0.481. The van der Waals surface area contributed by atoms with Crippen LogP contribution in [0.3, 0.4) is 0 Å². The van der Waals surface area contributed by atoms with Gasteiger partial charge in [-0.25, -0.2) is 5.43 Å². The fraction of sp³-hybridized carbons (Fsp3) is 0.188. The molecule has 0 radical (unpaired) electrons. The van der Waals surface area contributed by atoms with Gasteiger partial charge >= 0.3 is 11.8 Å². The van der Waals surface area contributed by atoms with Crippen molar-refractivity contribution in [2.24, 2.45) is 5.10 Å². The summed E-state index contributed by atoms with van der Waals surface area (Å²) in [5.74, 6) is 0.203. The second-order valence-corrected chi connectivity index (χ2v) is 4.56. The van der Waals surface area contributed by atoms with Gasteiger partial charge < -0.3 is 14.5 Å². The van der Waals surface area contributed by atoms with Gasteiger partial charge in [0.15, 0.2) is 0 Å². The Hall–Kier alpha value is -3.09. The molecule has 0 saturated heterocycles. The van der Waals surface area contributed by atoms with E-state index in [0.29, 0.717) is 23.8 Å². The molecule has 0 spiro atoms. The monoisotopic (exact) mass is 315 g/mol. The molecule has 7 nitrogen and oxygen atoms in total. The largest absolute Gasteiger partial charge is 0.494 e. The van der Waals surface area contributed by atoms with Gasteiger partial charge in [-0.05, 0) is 50.2 Å². The Labute approximate surface area is 133 Å². The average Bonchev–Trinajstić information content (AvgIpc) is 2.95. The lowest BCUT2D eigenvalue weighted by atomic mass is 10.3. The Morgan fingerprint density at radius 1 is 1.17 bits per heavy atom. The summed E-state index contributed by atoms with van der Waals surface area (Å²) in [4.78, 5) is 23.3. The van der Waals surface area contributed by atoms with E-state index >= 15 is 0 Å². The third kappa shape index (κ3) is 4.99. The van der Waals surface area contributed by atoms with Crippen molar-refractivity contribution in [2.45, 2.75) is 13.8 Å². The van der Waals surface area contributed by atoms with E-state index in [2.05, 4.69) is 15.8 Å². The van der Waals surface area contributed by atoms with E-state index in [0.717, 1.165) is 5.76 Å². The number of amides is 2. The molecule has 0 aliphatic carbocycles. The zero-order valence-corrected chi connectivity index (χ0v) is 12.8. The molecular formula is C16H17N3O4. The van der Waals surface area contributed by atoms with Gasteiger partial charge in [0.05, 0.1) is 12.8 Å². The highest BCUT2D eigenvalue weighted by molar-refractivity contribution is 6.39. The number of benzene rings is 1. The van der Waals surface area contributed by atoms with Crippen molar-refractivity contribution >= 4 is 23.7 Å². The molecule has 7 heteroatoms. The molecule has 0 atom stereocenters. The van der Waals surface area contributed by atoms with E-state index in [-0.39, 0.29) is 0 Å². The zero-order chi connectivity index (χ0) is 16.7. The van der Waals surface area contributed by atoms with Gasteiger partial charge in [0.25, 0.3) is 0 Å². The third-order valence-electron chi connectivity index (χ3n) is 2.75. The van der Waals surface area contributed by atoms with E-state index in [4.69, 9.17) is 9.15 Å². The topological polar surface area (TPSA) is 92.9 Å². The highest BCUT2D eigenvalue weighted by Crippen LogP contribution is 2.15. The Morgan fingerprint density at radius 2 is 1.91 bits per heavy atom. The molecular weight excluding hydrogens is 298 g/mol. The molecule has 0 saturated carbocycles. The number of aryl methyl sites for hydroxylation is 1. The number of hydrogen-bond acceptors (Lipinski definition) is 5. The number of ether oxygens (including phenoxy) is 1. The molecule has 0 aliphatic rings. The van der Waals surface area contributed by atoms with Crippen molar-refractivity contribution in [3.8, 4) is 5.75 Å². The maximum absolute atomic E-state index is 11.7. The first kappa shape index (κ1) is 16.3.